The van der Waals surface area contributed by atoms with E-state index in [4.69, 9.17) is 49.4 Å². The van der Waals surface area contributed by atoms with Gasteiger partial charge in [-0.15, -0.1) is 0 Å². The Morgan fingerprint density at radius 3 is 1.79 bits per heavy atom. The molecule has 4 heterocycles. The van der Waals surface area contributed by atoms with Crippen molar-refractivity contribution < 1.29 is 23.4 Å². The van der Waals surface area contributed by atoms with Crippen LogP contribution in [0.15, 0.2) is 12.4 Å². The van der Waals surface area contributed by atoms with Crippen LogP contribution >= 0.6 is 34.8 Å². The summed E-state index contributed by atoms with van der Waals surface area (Å²) in [6.07, 6.45) is 2.00. The van der Waals surface area contributed by atoms with Gasteiger partial charge in [-0.2, -0.15) is 4.98 Å². The number of nitrogens with zero attached hydrogens (tertiary/aromatic N) is 5. The summed E-state index contributed by atoms with van der Waals surface area (Å²) in [4.78, 5) is 15.9. The topological polar surface area (TPSA) is 106 Å². The van der Waals surface area contributed by atoms with E-state index < -0.39 is 11.6 Å². The maximum atomic E-state index is 13.3. The van der Waals surface area contributed by atoms with E-state index in [1.807, 2.05) is 0 Å². The van der Waals surface area contributed by atoms with Crippen molar-refractivity contribution in [1.82, 2.24) is 25.3 Å². The van der Waals surface area contributed by atoms with Crippen molar-refractivity contribution in [3.63, 3.8) is 0 Å². The van der Waals surface area contributed by atoms with Crippen molar-refractivity contribution in [3.8, 4) is 0 Å². The van der Waals surface area contributed by atoms with Crippen LogP contribution < -0.4 is 10.2 Å². The zero-order chi connectivity index (χ0) is 23.8. The van der Waals surface area contributed by atoms with Crippen molar-refractivity contribution in [2.45, 2.75) is 21.8 Å². The third-order valence-corrected chi connectivity index (χ3v) is 4.15. The Morgan fingerprint density at radius 2 is 1.38 bits per heavy atom. The van der Waals surface area contributed by atoms with E-state index in [1.54, 1.807) is 11.8 Å². The molecule has 9 nitrogen and oxygen atoms in total. The van der Waals surface area contributed by atoms with Crippen LogP contribution in [0.1, 0.15) is 21.8 Å². The van der Waals surface area contributed by atoms with E-state index in [1.165, 1.54) is 0 Å². The number of hydrogen-bond acceptors (Lipinski definition) is 9. The van der Waals surface area contributed by atoms with Gasteiger partial charge in [-0.1, -0.05) is 26.5 Å². The maximum Gasteiger partial charge on any atom is 0.224 e. The minimum atomic E-state index is -0.666. The Morgan fingerprint density at radius 1 is 0.912 bits per heavy atom. The number of nitrogens with one attached hydrogen (secondary N) is 1. The fraction of sp³-hybridized carbons (Fsp3) is 0.600. The first-order chi connectivity index (χ1) is 15.4. The lowest BCUT2D eigenvalue weighted by Crippen LogP contribution is -2.37. The van der Waals surface area contributed by atoms with E-state index in [2.05, 4.69) is 25.3 Å². The molecule has 2 N–H and O–H groups in total. The minimum Gasteiger partial charge on any atom is -0.397 e. The number of halogens is 5. The molecule has 196 valence electrons. The van der Waals surface area contributed by atoms with Crippen LogP contribution in [0.5, 0.6) is 0 Å². The second-order valence-electron chi connectivity index (χ2n) is 5.87. The summed E-state index contributed by atoms with van der Waals surface area (Å²) in [7, 11) is 0. The van der Waals surface area contributed by atoms with Crippen LogP contribution in [0.3, 0.4) is 0 Å². The average Bonchev–Trinajstić information content (AvgIpc) is 2.81. The molecule has 2 aromatic heterocycles. The highest BCUT2D eigenvalue weighted by molar-refractivity contribution is 6.31. The number of rotatable bonds is 1. The molecule has 0 amide bonds. The fourth-order valence-corrected chi connectivity index (χ4v) is 2.61. The maximum absolute atomic E-state index is 13.3. The lowest BCUT2D eigenvalue weighted by molar-refractivity contribution is 0.109. The van der Waals surface area contributed by atoms with Gasteiger partial charge < -0.3 is 24.8 Å². The summed E-state index contributed by atoms with van der Waals surface area (Å²) in [6, 6.07) is 0. The molecule has 2 aliphatic heterocycles. The lowest BCUT2D eigenvalue weighted by Gasteiger charge is -2.27. The zero-order valence-corrected chi connectivity index (χ0v) is 19.7. The van der Waals surface area contributed by atoms with Gasteiger partial charge in [0, 0.05) is 32.8 Å². The highest BCUT2D eigenvalue weighted by Gasteiger charge is 2.17. The predicted octanol–water partition coefficient (Wildman–Crippen LogP) is 3.91. The van der Waals surface area contributed by atoms with Crippen molar-refractivity contribution in [1.29, 1.82) is 0 Å². The standard InChI is InChI=1S/C8H9ClFN3O.C4HCl2FN2.C4H9NO.C2H6O.2CH4/c9-8-11-5-6(10)7(12-8)13-1-3-14-4-2-13;5-3-2(7)1-8-4(6)9-3;1-3-6-4-2-5-1;1-2-3;;/h5H,1-4H2;1H;5H,1-4H2;3H,2H2,1H3;2*1H4. The third kappa shape index (κ3) is 14.7. The Kier molecular flexibility index (Phi) is 21.3. The van der Waals surface area contributed by atoms with Gasteiger partial charge in [0.05, 0.1) is 38.8 Å². The smallest absolute Gasteiger partial charge is 0.224 e. The van der Waals surface area contributed by atoms with Gasteiger partial charge in [-0.05, 0) is 30.1 Å². The van der Waals surface area contributed by atoms with Gasteiger partial charge in [-0.3, -0.25) is 0 Å². The first-order valence-corrected chi connectivity index (χ1v) is 10.8. The molecule has 0 bridgehead atoms. The van der Waals surface area contributed by atoms with Gasteiger partial charge in [0.2, 0.25) is 10.6 Å². The molecule has 0 radical (unpaired) electrons. The molecule has 0 aliphatic carbocycles. The molecule has 2 saturated heterocycles. The predicted molar refractivity (Wildman–Crippen MR) is 132 cm³/mol. The molecule has 2 fully saturated rings. The molecule has 0 saturated carbocycles. The zero-order valence-electron chi connectivity index (χ0n) is 17.4. The van der Waals surface area contributed by atoms with Crippen molar-refractivity contribution in [2.75, 3.05) is 64.1 Å². The van der Waals surface area contributed by atoms with Gasteiger partial charge in [-0.25, -0.2) is 23.7 Å². The van der Waals surface area contributed by atoms with Gasteiger partial charge >= 0.3 is 0 Å². The number of anilines is 1. The number of aromatic nitrogens is 4. The van der Waals surface area contributed by atoms with Gasteiger partial charge in [0.1, 0.15) is 0 Å². The van der Waals surface area contributed by atoms with E-state index in [0.717, 1.165) is 38.7 Å². The van der Waals surface area contributed by atoms with Crippen LogP contribution in [-0.4, -0.2) is 84.3 Å². The molecule has 2 aliphatic rings. The molecule has 4 rings (SSSR count). The second-order valence-corrected chi connectivity index (χ2v) is 6.90. The summed E-state index contributed by atoms with van der Waals surface area (Å²) in [5.41, 5.74) is 0. The van der Waals surface area contributed by atoms with Crippen LogP contribution in [0.4, 0.5) is 14.6 Å². The monoisotopic (exact) mass is 548 g/mol. The molecule has 0 spiro atoms. The van der Waals surface area contributed by atoms with Gasteiger partial charge in [0.15, 0.2) is 22.6 Å². The Balaban J connectivity index is 0. The number of aliphatic hydroxyl groups excluding tert-OH is 1. The first kappa shape index (κ1) is 34.7. The fourth-order valence-electron chi connectivity index (χ4n) is 2.18. The van der Waals surface area contributed by atoms with E-state index in [9.17, 15) is 8.78 Å². The molecule has 14 heteroatoms. The highest BCUT2D eigenvalue weighted by atomic mass is 35.5. The number of morpholine rings is 2. The summed E-state index contributed by atoms with van der Waals surface area (Å²) in [5.74, 6) is -0.856. The average molecular weight is 550 g/mol. The minimum absolute atomic E-state index is 0. The van der Waals surface area contributed by atoms with E-state index in [-0.39, 0.29) is 43.0 Å². The summed E-state index contributed by atoms with van der Waals surface area (Å²) in [6.45, 7) is 8.19. The van der Waals surface area contributed by atoms with Crippen LogP contribution in [0, 0.1) is 11.6 Å². The molecular weight excluding hydrogens is 517 g/mol. The molecule has 0 atom stereocenters. The summed E-state index contributed by atoms with van der Waals surface area (Å²) >= 11 is 16.0. The van der Waals surface area contributed by atoms with E-state index in [0.29, 0.717) is 26.3 Å². The van der Waals surface area contributed by atoms with E-state index >= 15 is 0 Å². The second kappa shape index (κ2) is 20.9. The summed E-state index contributed by atoms with van der Waals surface area (Å²) < 4.78 is 35.6. The van der Waals surface area contributed by atoms with Crippen LogP contribution in [-0.2, 0) is 9.47 Å². The molecule has 34 heavy (non-hydrogen) atoms. The van der Waals surface area contributed by atoms with Gasteiger partial charge in [0.25, 0.3) is 0 Å². The molecule has 0 unspecified atom stereocenters. The molecular formula is C20H33Cl3F2N6O3. The molecule has 0 aromatic carbocycles. The van der Waals surface area contributed by atoms with Crippen molar-refractivity contribution >= 4 is 40.6 Å². The lowest BCUT2D eigenvalue weighted by atomic mass is 10.4. The number of aliphatic hydroxyl groups is 1. The third-order valence-electron chi connectivity index (χ3n) is 3.53. The van der Waals surface area contributed by atoms with Crippen molar-refractivity contribution in [3.05, 3.63) is 39.7 Å². The first-order valence-electron chi connectivity index (χ1n) is 9.62. The quantitative estimate of drug-likeness (QED) is 0.405. The Bertz CT molecular complexity index is 778. The van der Waals surface area contributed by atoms with Crippen LogP contribution in [0.25, 0.3) is 0 Å². The molecule has 2 aromatic rings. The van der Waals surface area contributed by atoms with Crippen molar-refractivity contribution in [2.24, 2.45) is 0 Å². The highest BCUT2D eigenvalue weighted by Crippen LogP contribution is 2.18. The summed E-state index contributed by atoms with van der Waals surface area (Å²) in [5, 5.41) is 10.5. The Hall–Kier alpha value is -1.47. The Labute approximate surface area is 214 Å². The largest absolute Gasteiger partial charge is 0.397 e. The normalized spacial score (nSPS) is 14.4. The SMILES string of the molecule is C.C.C1COCCN1.CCO.Fc1cnc(Cl)nc1Cl.Fc1cnc(Cl)nc1N1CCOCC1. The number of ether oxygens (including phenoxy) is 2. The number of hydrogen-bond donors (Lipinski definition) is 2. The van der Waals surface area contributed by atoms with Crippen LogP contribution in [0.2, 0.25) is 15.7 Å².